The molecular formula is C17H25FN4O. The van der Waals surface area contributed by atoms with Crippen molar-refractivity contribution in [2.24, 2.45) is 5.73 Å². The summed E-state index contributed by atoms with van der Waals surface area (Å²) in [6.07, 6.45) is 1.81. The summed E-state index contributed by atoms with van der Waals surface area (Å²) in [5, 5.41) is 0. The lowest BCUT2D eigenvalue weighted by atomic mass is 10.1. The van der Waals surface area contributed by atoms with Crippen LogP contribution in [-0.4, -0.2) is 67.6 Å². The lowest BCUT2D eigenvalue weighted by Crippen LogP contribution is -2.51. The molecule has 0 unspecified atom stereocenters. The van der Waals surface area contributed by atoms with Gasteiger partial charge in [0.2, 0.25) is 5.91 Å². The molecule has 2 heterocycles. The lowest BCUT2D eigenvalue weighted by Gasteiger charge is -2.37. The second-order valence-electron chi connectivity index (χ2n) is 6.46. The number of halogens is 1. The van der Waals surface area contributed by atoms with Gasteiger partial charge in [0.05, 0.1) is 6.54 Å². The predicted octanol–water partition coefficient (Wildman–Crippen LogP) is 0.897. The Kier molecular flexibility index (Phi) is 5.13. The summed E-state index contributed by atoms with van der Waals surface area (Å²) in [6, 6.07) is 6.86. The van der Waals surface area contributed by atoms with Crippen LogP contribution in [0.15, 0.2) is 24.3 Å². The van der Waals surface area contributed by atoms with Crippen LogP contribution >= 0.6 is 0 Å². The Morgan fingerprint density at radius 1 is 1.04 bits per heavy atom. The average Bonchev–Trinajstić information content (AvgIpc) is 2.57. The van der Waals surface area contributed by atoms with Crippen molar-refractivity contribution in [2.45, 2.75) is 18.9 Å². The Bertz CT molecular complexity index is 520. The van der Waals surface area contributed by atoms with Crippen LogP contribution < -0.4 is 10.6 Å². The summed E-state index contributed by atoms with van der Waals surface area (Å²) < 4.78 is 13.0. The maximum absolute atomic E-state index is 13.0. The predicted molar refractivity (Wildman–Crippen MR) is 88.8 cm³/mol. The molecule has 2 aliphatic heterocycles. The third kappa shape index (κ3) is 4.20. The molecular weight excluding hydrogens is 295 g/mol. The zero-order valence-corrected chi connectivity index (χ0v) is 13.5. The van der Waals surface area contributed by atoms with E-state index in [1.54, 1.807) is 0 Å². The highest BCUT2D eigenvalue weighted by molar-refractivity contribution is 5.78. The summed E-state index contributed by atoms with van der Waals surface area (Å²) in [7, 11) is 0. The largest absolute Gasteiger partial charge is 0.369 e. The van der Waals surface area contributed by atoms with Gasteiger partial charge in [-0.3, -0.25) is 9.69 Å². The molecule has 1 aromatic rings. The molecule has 23 heavy (non-hydrogen) atoms. The van der Waals surface area contributed by atoms with E-state index in [2.05, 4.69) is 9.80 Å². The third-order valence-corrected chi connectivity index (χ3v) is 4.82. The van der Waals surface area contributed by atoms with Crippen molar-refractivity contribution in [3.05, 3.63) is 30.1 Å². The molecule has 6 heteroatoms. The lowest BCUT2D eigenvalue weighted by molar-refractivity contribution is -0.133. The SMILES string of the molecule is NC1CCN(C(=O)CN2CCN(c3ccc(F)cc3)CC2)CC1. The fourth-order valence-corrected chi connectivity index (χ4v) is 3.26. The molecule has 126 valence electrons. The van der Waals surface area contributed by atoms with E-state index < -0.39 is 0 Å². The van der Waals surface area contributed by atoms with Crippen LogP contribution in [0, 0.1) is 5.82 Å². The van der Waals surface area contributed by atoms with Gasteiger partial charge >= 0.3 is 0 Å². The van der Waals surface area contributed by atoms with Crippen molar-refractivity contribution in [3.8, 4) is 0 Å². The van der Waals surface area contributed by atoms with Gasteiger partial charge in [-0.1, -0.05) is 0 Å². The van der Waals surface area contributed by atoms with Gasteiger partial charge in [-0.25, -0.2) is 4.39 Å². The molecule has 2 fully saturated rings. The minimum absolute atomic E-state index is 0.209. The minimum Gasteiger partial charge on any atom is -0.369 e. The van der Waals surface area contributed by atoms with Gasteiger partial charge in [0.25, 0.3) is 0 Å². The number of amides is 1. The summed E-state index contributed by atoms with van der Waals surface area (Å²) in [4.78, 5) is 18.7. The summed E-state index contributed by atoms with van der Waals surface area (Å²) in [5.74, 6) is 0.00589. The Hall–Kier alpha value is -1.66. The van der Waals surface area contributed by atoms with Crippen LogP contribution in [0.1, 0.15) is 12.8 Å². The number of nitrogens with zero attached hydrogens (tertiary/aromatic N) is 3. The molecule has 2 aliphatic rings. The van der Waals surface area contributed by atoms with E-state index in [0.29, 0.717) is 6.54 Å². The van der Waals surface area contributed by atoms with Gasteiger partial charge < -0.3 is 15.5 Å². The molecule has 3 rings (SSSR count). The number of carbonyl (C=O) groups is 1. The van der Waals surface area contributed by atoms with E-state index in [1.807, 2.05) is 17.0 Å². The number of piperazine rings is 1. The average molecular weight is 320 g/mol. The third-order valence-electron chi connectivity index (χ3n) is 4.82. The van der Waals surface area contributed by atoms with Crippen LogP contribution in [0.4, 0.5) is 10.1 Å². The second-order valence-corrected chi connectivity index (χ2v) is 6.46. The molecule has 0 bridgehead atoms. The van der Waals surface area contributed by atoms with E-state index >= 15 is 0 Å². The standard InChI is InChI=1S/C17H25FN4O/c18-14-1-3-16(4-2-14)21-11-9-20(10-12-21)13-17(23)22-7-5-15(19)6-8-22/h1-4,15H,5-13,19H2. The quantitative estimate of drug-likeness (QED) is 0.899. The zero-order valence-electron chi connectivity index (χ0n) is 13.5. The number of nitrogens with two attached hydrogens (primary N) is 1. The van der Waals surface area contributed by atoms with Gasteiger partial charge in [-0.2, -0.15) is 0 Å². The van der Waals surface area contributed by atoms with Crippen molar-refractivity contribution < 1.29 is 9.18 Å². The van der Waals surface area contributed by atoms with Crippen LogP contribution in [0.5, 0.6) is 0 Å². The number of hydrogen-bond donors (Lipinski definition) is 1. The first-order chi connectivity index (χ1) is 11.1. The topological polar surface area (TPSA) is 52.8 Å². The van der Waals surface area contributed by atoms with Crippen LogP contribution in [-0.2, 0) is 4.79 Å². The van der Waals surface area contributed by atoms with Gasteiger partial charge in [0.1, 0.15) is 5.82 Å². The zero-order chi connectivity index (χ0) is 16.2. The molecule has 2 saturated heterocycles. The number of anilines is 1. The van der Waals surface area contributed by atoms with Crippen molar-refractivity contribution in [1.82, 2.24) is 9.80 Å². The Labute approximate surface area is 136 Å². The van der Waals surface area contributed by atoms with Gasteiger partial charge in [-0.05, 0) is 37.1 Å². The van der Waals surface area contributed by atoms with Crippen molar-refractivity contribution >= 4 is 11.6 Å². The highest BCUT2D eigenvalue weighted by Crippen LogP contribution is 2.17. The fraction of sp³-hybridized carbons (Fsp3) is 0.588. The first-order valence-electron chi connectivity index (χ1n) is 8.38. The number of benzene rings is 1. The summed E-state index contributed by atoms with van der Waals surface area (Å²) in [5.41, 5.74) is 6.93. The van der Waals surface area contributed by atoms with Crippen molar-refractivity contribution in [2.75, 3.05) is 50.7 Å². The molecule has 0 radical (unpaired) electrons. The van der Waals surface area contributed by atoms with E-state index in [0.717, 1.165) is 57.8 Å². The number of rotatable bonds is 3. The van der Waals surface area contributed by atoms with Crippen LogP contribution in [0.25, 0.3) is 0 Å². The molecule has 2 N–H and O–H groups in total. The van der Waals surface area contributed by atoms with Crippen molar-refractivity contribution in [3.63, 3.8) is 0 Å². The molecule has 0 atom stereocenters. The number of piperidine rings is 1. The molecule has 0 aliphatic carbocycles. The molecule has 0 saturated carbocycles. The highest BCUT2D eigenvalue weighted by Gasteiger charge is 2.24. The van der Waals surface area contributed by atoms with Gasteiger partial charge in [-0.15, -0.1) is 0 Å². The minimum atomic E-state index is -0.209. The monoisotopic (exact) mass is 320 g/mol. The maximum atomic E-state index is 13.0. The molecule has 0 spiro atoms. The number of carbonyl (C=O) groups excluding carboxylic acids is 1. The Balaban J connectivity index is 1.45. The molecule has 1 amide bonds. The summed E-state index contributed by atoms with van der Waals surface area (Å²) >= 11 is 0. The van der Waals surface area contributed by atoms with Gasteiger partial charge in [0.15, 0.2) is 0 Å². The number of likely N-dealkylation sites (tertiary alicyclic amines) is 1. The van der Waals surface area contributed by atoms with Gasteiger partial charge in [0, 0.05) is 51.0 Å². The highest BCUT2D eigenvalue weighted by atomic mass is 19.1. The Morgan fingerprint density at radius 3 is 2.26 bits per heavy atom. The first-order valence-corrected chi connectivity index (χ1v) is 8.38. The Morgan fingerprint density at radius 2 is 1.65 bits per heavy atom. The fourth-order valence-electron chi connectivity index (χ4n) is 3.26. The van der Waals surface area contributed by atoms with E-state index in [4.69, 9.17) is 5.73 Å². The van der Waals surface area contributed by atoms with E-state index in [9.17, 15) is 9.18 Å². The van der Waals surface area contributed by atoms with E-state index in [-0.39, 0.29) is 17.8 Å². The second kappa shape index (κ2) is 7.27. The first kappa shape index (κ1) is 16.2. The molecule has 0 aromatic heterocycles. The van der Waals surface area contributed by atoms with Crippen LogP contribution in [0.2, 0.25) is 0 Å². The normalized spacial score (nSPS) is 20.8. The van der Waals surface area contributed by atoms with Crippen molar-refractivity contribution in [1.29, 1.82) is 0 Å². The molecule has 1 aromatic carbocycles. The maximum Gasteiger partial charge on any atom is 0.236 e. The number of hydrogen-bond acceptors (Lipinski definition) is 4. The van der Waals surface area contributed by atoms with E-state index in [1.165, 1.54) is 12.1 Å². The summed E-state index contributed by atoms with van der Waals surface area (Å²) in [6.45, 7) is 5.51. The van der Waals surface area contributed by atoms with Crippen LogP contribution in [0.3, 0.4) is 0 Å². The smallest absolute Gasteiger partial charge is 0.236 e. The molecule has 5 nitrogen and oxygen atoms in total.